The van der Waals surface area contributed by atoms with E-state index >= 15 is 0 Å². The normalized spacial score (nSPS) is 27.3. The van der Waals surface area contributed by atoms with Gasteiger partial charge in [-0.25, -0.2) is 4.68 Å². The van der Waals surface area contributed by atoms with E-state index in [9.17, 15) is 0 Å². The molecule has 2 unspecified atom stereocenters. The summed E-state index contributed by atoms with van der Waals surface area (Å²) >= 11 is 0. The Bertz CT molecular complexity index is 558. The van der Waals surface area contributed by atoms with Crippen LogP contribution in [0.15, 0.2) is 24.3 Å². The highest BCUT2D eigenvalue weighted by molar-refractivity contribution is 5.74. The summed E-state index contributed by atoms with van der Waals surface area (Å²) in [5.74, 6) is 0.732. The quantitative estimate of drug-likeness (QED) is 0.893. The number of aromatic nitrogens is 3. The Morgan fingerprint density at radius 2 is 2.06 bits per heavy atom. The highest BCUT2D eigenvalue weighted by Gasteiger charge is 2.35. The fraction of sp³-hybridized carbons (Fsp3) is 0.571. The van der Waals surface area contributed by atoms with Crippen molar-refractivity contribution in [2.45, 2.75) is 37.8 Å². The summed E-state index contributed by atoms with van der Waals surface area (Å²) in [4.78, 5) is 0. The van der Waals surface area contributed by atoms with Gasteiger partial charge in [-0.3, -0.25) is 0 Å². The number of rotatable bonds is 4. The van der Waals surface area contributed by atoms with Gasteiger partial charge in [0.1, 0.15) is 5.52 Å². The van der Waals surface area contributed by atoms with Crippen LogP contribution in [0.5, 0.6) is 0 Å². The minimum Gasteiger partial charge on any atom is -0.314 e. The van der Waals surface area contributed by atoms with Crippen LogP contribution < -0.4 is 5.32 Å². The lowest BCUT2D eigenvalue weighted by molar-refractivity contribution is 0.165. The first-order valence-corrected chi connectivity index (χ1v) is 6.95. The van der Waals surface area contributed by atoms with Crippen LogP contribution in [0.3, 0.4) is 0 Å². The fourth-order valence-corrected chi connectivity index (χ4v) is 2.85. The molecule has 0 amide bonds. The molecule has 1 N–H and O–H groups in total. The van der Waals surface area contributed by atoms with Crippen LogP contribution in [0.2, 0.25) is 0 Å². The molecule has 2 saturated carbocycles. The number of nitrogens with one attached hydrogen (secondary N) is 1. The minimum atomic E-state index is 0.545. The van der Waals surface area contributed by atoms with E-state index in [1.807, 2.05) is 12.1 Å². The zero-order valence-electron chi connectivity index (χ0n) is 10.4. The third kappa shape index (κ3) is 1.72. The second-order valence-corrected chi connectivity index (χ2v) is 5.61. The van der Waals surface area contributed by atoms with Crippen molar-refractivity contribution in [2.75, 3.05) is 6.54 Å². The predicted molar refractivity (Wildman–Crippen MR) is 70.3 cm³/mol. The van der Waals surface area contributed by atoms with Crippen molar-refractivity contribution in [3.05, 3.63) is 24.3 Å². The zero-order chi connectivity index (χ0) is 11.9. The highest BCUT2D eigenvalue weighted by atomic mass is 15.4. The number of hydrogen-bond donors (Lipinski definition) is 1. The van der Waals surface area contributed by atoms with E-state index < -0.39 is 0 Å². The van der Waals surface area contributed by atoms with E-state index in [0.29, 0.717) is 6.04 Å². The lowest BCUT2D eigenvalue weighted by Crippen LogP contribution is -2.38. The molecule has 0 aliphatic heterocycles. The average Bonchev–Trinajstić information content (AvgIpc) is 3.10. The molecule has 1 aromatic heterocycles. The van der Waals surface area contributed by atoms with Crippen molar-refractivity contribution in [1.82, 2.24) is 20.3 Å². The van der Waals surface area contributed by atoms with Crippen LogP contribution in [-0.4, -0.2) is 27.6 Å². The fourth-order valence-electron chi connectivity index (χ4n) is 2.85. The molecule has 0 saturated heterocycles. The van der Waals surface area contributed by atoms with Crippen LogP contribution in [0.1, 0.15) is 31.7 Å². The van der Waals surface area contributed by atoms with Gasteiger partial charge in [-0.1, -0.05) is 17.3 Å². The third-order valence-corrected chi connectivity index (χ3v) is 4.31. The van der Waals surface area contributed by atoms with E-state index in [2.05, 4.69) is 32.4 Å². The molecule has 1 heterocycles. The molecule has 4 heteroatoms. The maximum absolute atomic E-state index is 4.35. The predicted octanol–water partition coefficient (Wildman–Crippen LogP) is 2.13. The van der Waals surface area contributed by atoms with Crippen molar-refractivity contribution in [2.24, 2.45) is 5.92 Å². The van der Waals surface area contributed by atoms with E-state index in [1.165, 1.54) is 31.2 Å². The monoisotopic (exact) mass is 242 g/mol. The molecule has 2 aliphatic rings. The minimum absolute atomic E-state index is 0.545. The first-order chi connectivity index (χ1) is 8.92. The molecule has 0 radical (unpaired) electrons. The zero-order valence-corrected chi connectivity index (χ0v) is 10.4. The molecular weight excluding hydrogens is 224 g/mol. The van der Waals surface area contributed by atoms with Crippen LogP contribution in [0.4, 0.5) is 0 Å². The van der Waals surface area contributed by atoms with Gasteiger partial charge in [0.15, 0.2) is 0 Å². The third-order valence-electron chi connectivity index (χ3n) is 4.31. The molecular formula is C14H18N4. The number of para-hydroxylation sites is 1. The summed E-state index contributed by atoms with van der Waals surface area (Å²) in [6.07, 6.45) is 5.29. The number of benzene rings is 1. The van der Waals surface area contributed by atoms with Crippen molar-refractivity contribution in [3.63, 3.8) is 0 Å². The lowest BCUT2D eigenvalue weighted by Gasteiger charge is -2.36. The van der Waals surface area contributed by atoms with Gasteiger partial charge in [-0.2, -0.15) is 0 Å². The maximum atomic E-state index is 4.35. The number of fused-ring (bicyclic) bond motifs is 1. The van der Waals surface area contributed by atoms with Crippen molar-refractivity contribution < 1.29 is 0 Å². The Morgan fingerprint density at radius 3 is 2.83 bits per heavy atom. The molecule has 0 bridgehead atoms. The summed E-state index contributed by atoms with van der Waals surface area (Å²) < 4.78 is 2.14. The largest absolute Gasteiger partial charge is 0.314 e. The van der Waals surface area contributed by atoms with Crippen LogP contribution >= 0.6 is 0 Å². The van der Waals surface area contributed by atoms with Gasteiger partial charge in [0.05, 0.1) is 11.6 Å². The molecule has 0 spiro atoms. The topological polar surface area (TPSA) is 42.7 Å². The number of nitrogens with zero attached hydrogens (tertiary/aromatic N) is 3. The maximum Gasteiger partial charge on any atom is 0.113 e. The second kappa shape index (κ2) is 4.05. The molecule has 2 aliphatic carbocycles. The van der Waals surface area contributed by atoms with Crippen molar-refractivity contribution in [1.29, 1.82) is 0 Å². The second-order valence-electron chi connectivity index (χ2n) is 5.61. The van der Waals surface area contributed by atoms with E-state index in [-0.39, 0.29) is 0 Å². The van der Waals surface area contributed by atoms with Crippen molar-refractivity contribution in [3.8, 4) is 0 Å². The Hall–Kier alpha value is -1.42. The van der Waals surface area contributed by atoms with Gasteiger partial charge in [0.2, 0.25) is 0 Å². The molecule has 4 rings (SSSR count). The van der Waals surface area contributed by atoms with Gasteiger partial charge in [-0.05, 0) is 43.7 Å². The first-order valence-electron chi connectivity index (χ1n) is 6.95. The first kappa shape index (κ1) is 10.5. The Morgan fingerprint density at radius 1 is 1.17 bits per heavy atom. The average molecular weight is 242 g/mol. The van der Waals surface area contributed by atoms with Crippen LogP contribution in [0, 0.1) is 5.92 Å². The van der Waals surface area contributed by atoms with Gasteiger partial charge >= 0.3 is 0 Å². The number of hydrogen-bond acceptors (Lipinski definition) is 3. The SMILES string of the molecule is c1ccc2c(c1)nnn2C1CCC1CNC1CC1. The Balaban J connectivity index is 1.54. The molecule has 2 fully saturated rings. The van der Waals surface area contributed by atoms with E-state index in [1.54, 1.807) is 0 Å². The van der Waals surface area contributed by atoms with Crippen LogP contribution in [0.25, 0.3) is 11.0 Å². The summed E-state index contributed by atoms with van der Waals surface area (Å²) in [6.45, 7) is 1.14. The van der Waals surface area contributed by atoms with E-state index in [4.69, 9.17) is 0 Å². The highest BCUT2D eigenvalue weighted by Crippen LogP contribution is 2.39. The van der Waals surface area contributed by atoms with Crippen molar-refractivity contribution >= 4 is 11.0 Å². The smallest absolute Gasteiger partial charge is 0.113 e. The van der Waals surface area contributed by atoms with Crippen LogP contribution in [-0.2, 0) is 0 Å². The standard InChI is InChI=1S/C14H18N4/c1-2-4-14-12(3-1)16-17-18(14)13-8-5-10(13)9-15-11-6-7-11/h1-4,10-11,13,15H,5-9H2. The Kier molecular flexibility index (Phi) is 2.36. The lowest BCUT2D eigenvalue weighted by atomic mass is 9.79. The summed E-state index contributed by atoms with van der Waals surface area (Å²) in [5, 5.41) is 12.2. The molecule has 94 valence electrons. The van der Waals surface area contributed by atoms with Gasteiger partial charge < -0.3 is 5.32 Å². The van der Waals surface area contributed by atoms with Gasteiger partial charge in [-0.15, -0.1) is 5.10 Å². The Labute approximate surface area is 106 Å². The molecule has 2 atom stereocenters. The molecule has 1 aromatic carbocycles. The van der Waals surface area contributed by atoms with E-state index in [0.717, 1.165) is 24.0 Å². The summed E-state index contributed by atoms with van der Waals surface area (Å²) in [7, 11) is 0. The summed E-state index contributed by atoms with van der Waals surface area (Å²) in [6, 6.07) is 9.60. The summed E-state index contributed by atoms with van der Waals surface area (Å²) in [5.41, 5.74) is 2.19. The van der Waals surface area contributed by atoms with Gasteiger partial charge in [0.25, 0.3) is 0 Å². The molecule has 2 aromatic rings. The molecule has 4 nitrogen and oxygen atoms in total. The van der Waals surface area contributed by atoms with Gasteiger partial charge in [0, 0.05) is 12.6 Å². The molecule has 18 heavy (non-hydrogen) atoms.